The van der Waals surface area contributed by atoms with E-state index in [-0.39, 0.29) is 11.2 Å². The van der Waals surface area contributed by atoms with E-state index >= 15 is 0 Å². The van der Waals surface area contributed by atoms with Crippen molar-refractivity contribution in [3.8, 4) is 0 Å². The number of aromatic nitrogens is 3. The number of methoxy groups -OCH3 is 1. The summed E-state index contributed by atoms with van der Waals surface area (Å²) in [4.78, 5) is 16.1. The van der Waals surface area contributed by atoms with E-state index in [4.69, 9.17) is 21.1 Å². The van der Waals surface area contributed by atoms with Crippen LogP contribution in [0.1, 0.15) is 22.1 Å². The molecule has 1 fully saturated rings. The van der Waals surface area contributed by atoms with Gasteiger partial charge in [-0.1, -0.05) is 11.6 Å². The molecular formula is C12H12ClN3O3. The number of hydrogen-bond donors (Lipinski definition) is 0. The monoisotopic (exact) mass is 281 g/mol. The average Bonchev–Trinajstić information content (AvgIpc) is 2.63. The van der Waals surface area contributed by atoms with Gasteiger partial charge in [0.1, 0.15) is 11.2 Å². The van der Waals surface area contributed by atoms with Crippen LogP contribution in [0.25, 0.3) is 11.0 Å². The summed E-state index contributed by atoms with van der Waals surface area (Å²) in [7, 11) is 1.34. The quantitative estimate of drug-likeness (QED) is 0.620. The molecule has 0 spiro atoms. The highest BCUT2D eigenvalue weighted by atomic mass is 35.5. The van der Waals surface area contributed by atoms with E-state index in [1.807, 2.05) is 6.92 Å². The van der Waals surface area contributed by atoms with Gasteiger partial charge in [0.2, 0.25) is 0 Å². The molecule has 2 aromatic rings. The predicted octanol–water partition coefficient (Wildman–Crippen LogP) is 1.75. The molecule has 3 rings (SSSR count). The van der Waals surface area contributed by atoms with E-state index in [1.54, 1.807) is 4.68 Å². The minimum absolute atomic E-state index is 0.146. The zero-order valence-electron chi connectivity index (χ0n) is 10.5. The molecule has 0 amide bonds. The summed E-state index contributed by atoms with van der Waals surface area (Å²) < 4.78 is 11.7. The molecule has 1 saturated heterocycles. The second-order valence-electron chi connectivity index (χ2n) is 4.40. The first-order valence-corrected chi connectivity index (χ1v) is 6.21. The van der Waals surface area contributed by atoms with E-state index in [2.05, 4.69) is 10.1 Å². The number of ether oxygens (including phenoxy) is 2. The minimum Gasteiger partial charge on any atom is -0.465 e. The molecule has 1 aliphatic rings. The van der Waals surface area contributed by atoms with Crippen LogP contribution in [0.2, 0.25) is 5.15 Å². The molecule has 7 heteroatoms. The van der Waals surface area contributed by atoms with Crippen molar-refractivity contribution in [1.82, 2.24) is 14.8 Å². The standard InChI is InChI=1S/C12H12ClN3O3/c1-6-10-8(12(17)18-2)3-9(13)14-11(10)16(15-6)7-4-19-5-7/h3,7H,4-5H2,1-2H3. The Morgan fingerprint density at radius 3 is 2.89 bits per heavy atom. The third-order valence-electron chi connectivity index (χ3n) is 3.18. The van der Waals surface area contributed by atoms with Crippen molar-refractivity contribution in [2.24, 2.45) is 0 Å². The van der Waals surface area contributed by atoms with Crippen LogP contribution in [0, 0.1) is 6.92 Å². The SMILES string of the molecule is COC(=O)c1cc(Cl)nc2c1c(C)nn2C1COC1. The summed E-state index contributed by atoms with van der Waals surface area (Å²) in [6.45, 7) is 3.02. The van der Waals surface area contributed by atoms with Crippen LogP contribution in [0.15, 0.2) is 6.07 Å². The van der Waals surface area contributed by atoms with Gasteiger partial charge >= 0.3 is 5.97 Å². The second-order valence-corrected chi connectivity index (χ2v) is 4.79. The predicted molar refractivity (Wildman–Crippen MR) is 68.5 cm³/mol. The largest absolute Gasteiger partial charge is 0.465 e. The fraction of sp³-hybridized carbons (Fsp3) is 0.417. The molecule has 6 nitrogen and oxygen atoms in total. The maximum atomic E-state index is 11.8. The van der Waals surface area contributed by atoms with E-state index in [1.165, 1.54) is 13.2 Å². The highest BCUT2D eigenvalue weighted by molar-refractivity contribution is 6.30. The van der Waals surface area contributed by atoms with Gasteiger partial charge in [0.25, 0.3) is 0 Å². The smallest absolute Gasteiger partial charge is 0.338 e. The van der Waals surface area contributed by atoms with Gasteiger partial charge in [-0.2, -0.15) is 5.10 Å². The number of pyridine rings is 1. The Balaban J connectivity index is 2.27. The van der Waals surface area contributed by atoms with Crippen molar-refractivity contribution in [3.05, 3.63) is 22.5 Å². The third kappa shape index (κ3) is 1.87. The van der Waals surface area contributed by atoms with E-state index < -0.39 is 5.97 Å². The first-order chi connectivity index (χ1) is 9.11. The Kier molecular flexibility index (Phi) is 2.91. The van der Waals surface area contributed by atoms with Gasteiger partial charge in [-0.05, 0) is 13.0 Å². The lowest BCUT2D eigenvalue weighted by Crippen LogP contribution is -2.31. The Hall–Kier alpha value is -1.66. The van der Waals surface area contributed by atoms with Crippen molar-refractivity contribution < 1.29 is 14.3 Å². The molecule has 0 aromatic carbocycles. The maximum Gasteiger partial charge on any atom is 0.338 e. The number of carbonyl (C=O) groups excluding carboxylic acids is 1. The highest BCUT2D eigenvalue weighted by Crippen LogP contribution is 2.28. The van der Waals surface area contributed by atoms with Crippen LogP contribution in [0.3, 0.4) is 0 Å². The summed E-state index contributed by atoms with van der Waals surface area (Å²) >= 11 is 5.98. The number of rotatable bonds is 2. The molecule has 0 radical (unpaired) electrons. The van der Waals surface area contributed by atoms with Crippen molar-refractivity contribution in [2.75, 3.05) is 20.3 Å². The molecule has 0 aliphatic carbocycles. The van der Waals surface area contributed by atoms with Gasteiger partial charge in [0.15, 0.2) is 5.65 Å². The zero-order chi connectivity index (χ0) is 13.6. The normalized spacial score (nSPS) is 15.5. The summed E-state index contributed by atoms with van der Waals surface area (Å²) in [5.41, 5.74) is 1.71. The number of esters is 1. The third-order valence-corrected chi connectivity index (χ3v) is 3.37. The molecule has 0 unspecified atom stereocenters. The van der Waals surface area contributed by atoms with Gasteiger partial charge in [-0.15, -0.1) is 0 Å². The van der Waals surface area contributed by atoms with Crippen molar-refractivity contribution in [3.63, 3.8) is 0 Å². The first-order valence-electron chi connectivity index (χ1n) is 5.83. The molecule has 0 bridgehead atoms. The number of fused-ring (bicyclic) bond motifs is 1. The summed E-state index contributed by atoms with van der Waals surface area (Å²) in [5, 5.41) is 5.37. The number of aryl methyl sites for hydroxylation is 1. The summed E-state index contributed by atoms with van der Waals surface area (Å²) in [5.74, 6) is -0.443. The van der Waals surface area contributed by atoms with Gasteiger partial charge in [-0.25, -0.2) is 14.5 Å². The van der Waals surface area contributed by atoms with Gasteiger partial charge < -0.3 is 9.47 Å². The van der Waals surface area contributed by atoms with Crippen LogP contribution in [0.4, 0.5) is 0 Å². The first kappa shape index (κ1) is 12.4. The van der Waals surface area contributed by atoms with E-state index in [0.29, 0.717) is 29.8 Å². The maximum absolute atomic E-state index is 11.8. The topological polar surface area (TPSA) is 66.2 Å². The number of halogens is 1. The van der Waals surface area contributed by atoms with Crippen LogP contribution in [-0.4, -0.2) is 41.1 Å². The Bertz CT molecular complexity index is 664. The van der Waals surface area contributed by atoms with Crippen molar-refractivity contribution >= 4 is 28.6 Å². The minimum atomic E-state index is -0.443. The molecule has 0 saturated carbocycles. The number of hydrogen-bond acceptors (Lipinski definition) is 5. The summed E-state index contributed by atoms with van der Waals surface area (Å²) in [6.07, 6.45) is 0. The molecular weight excluding hydrogens is 270 g/mol. The molecule has 3 heterocycles. The zero-order valence-corrected chi connectivity index (χ0v) is 11.3. The second kappa shape index (κ2) is 4.47. The van der Waals surface area contributed by atoms with E-state index in [9.17, 15) is 4.79 Å². The lowest BCUT2D eigenvalue weighted by molar-refractivity contribution is -0.0270. The van der Waals surface area contributed by atoms with Crippen molar-refractivity contribution in [1.29, 1.82) is 0 Å². The Labute approximate surface area is 114 Å². The van der Waals surface area contributed by atoms with E-state index in [0.717, 1.165) is 5.69 Å². The summed E-state index contributed by atoms with van der Waals surface area (Å²) in [6, 6.07) is 1.65. The number of nitrogens with zero attached hydrogens (tertiary/aromatic N) is 3. The molecule has 2 aromatic heterocycles. The molecule has 19 heavy (non-hydrogen) atoms. The Morgan fingerprint density at radius 1 is 1.58 bits per heavy atom. The van der Waals surface area contributed by atoms with Crippen molar-refractivity contribution in [2.45, 2.75) is 13.0 Å². The number of carbonyl (C=O) groups is 1. The van der Waals surface area contributed by atoms with Gasteiger partial charge in [-0.3, -0.25) is 0 Å². The lowest BCUT2D eigenvalue weighted by Gasteiger charge is -2.26. The lowest BCUT2D eigenvalue weighted by atomic mass is 10.1. The molecule has 100 valence electrons. The molecule has 1 aliphatic heterocycles. The average molecular weight is 282 g/mol. The molecule has 0 atom stereocenters. The van der Waals surface area contributed by atoms with Crippen LogP contribution < -0.4 is 0 Å². The fourth-order valence-electron chi connectivity index (χ4n) is 2.17. The fourth-order valence-corrected chi connectivity index (χ4v) is 2.36. The van der Waals surface area contributed by atoms with Gasteiger partial charge in [0, 0.05) is 0 Å². The Morgan fingerprint density at radius 2 is 2.32 bits per heavy atom. The molecule has 0 N–H and O–H groups in total. The highest BCUT2D eigenvalue weighted by Gasteiger charge is 2.27. The van der Waals surface area contributed by atoms with Crippen LogP contribution in [-0.2, 0) is 9.47 Å². The van der Waals surface area contributed by atoms with Gasteiger partial charge in [0.05, 0.1) is 37.0 Å². The van der Waals surface area contributed by atoms with Crippen LogP contribution >= 0.6 is 11.6 Å². The van der Waals surface area contributed by atoms with Crippen LogP contribution in [0.5, 0.6) is 0 Å².